The van der Waals surface area contributed by atoms with Gasteiger partial charge in [0.2, 0.25) is 5.88 Å². The van der Waals surface area contributed by atoms with Gasteiger partial charge in [-0.2, -0.15) is 13.2 Å². The van der Waals surface area contributed by atoms with Crippen molar-refractivity contribution in [2.24, 2.45) is 7.05 Å². The molecule has 10 heteroatoms. The van der Waals surface area contributed by atoms with Crippen LogP contribution in [0.1, 0.15) is 16.1 Å². The lowest BCUT2D eigenvalue weighted by Gasteiger charge is -2.27. The maximum Gasteiger partial charge on any atom is 0.416 e. The first-order valence-corrected chi connectivity index (χ1v) is 11.8. The Morgan fingerprint density at radius 2 is 1.70 bits per heavy atom. The smallest absolute Gasteiger partial charge is 0.416 e. The molecule has 1 N–H and O–H groups in total. The van der Waals surface area contributed by atoms with Crippen LogP contribution >= 0.6 is 0 Å². The molecular formula is C27H26F3N5O2. The van der Waals surface area contributed by atoms with Crippen LogP contribution in [-0.4, -0.2) is 53.6 Å². The summed E-state index contributed by atoms with van der Waals surface area (Å²) in [4.78, 5) is 20.9. The van der Waals surface area contributed by atoms with E-state index >= 15 is 0 Å². The number of amides is 1. The number of rotatable bonds is 5. The molecule has 0 unspecified atom stereocenters. The first-order valence-electron chi connectivity index (χ1n) is 11.8. The fourth-order valence-corrected chi connectivity index (χ4v) is 4.40. The first kappa shape index (κ1) is 24.6. The SMILES string of the molecule is CN(c1ccc(C(F)(F)F)cc1)c1ccc(Oc2ccc3c(c2)cc(C(=O)N2CCNCC2)n3C)nc1. The lowest BCUT2D eigenvalue weighted by molar-refractivity contribution is -0.137. The summed E-state index contributed by atoms with van der Waals surface area (Å²) in [7, 11) is 3.63. The Kier molecular flexibility index (Phi) is 6.51. The van der Waals surface area contributed by atoms with E-state index in [1.165, 1.54) is 12.1 Å². The van der Waals surface area contributed by atoms with E-state index in [1.54, 1.807) is 30.3 Å². The second-order valence-corrected chi connectivity index (χ2v) is 8.91. The summed E-state index contributed by atoms with van der Waals surface area (Å²) in [5.74, 6) is 0.963. The lowest BCUT2D eigenvalue weighted by Crippen LogP contribution is -2.46. The quantitative estimate of drug-likeness (QED) is 0.401. The zero-order chi connectivity index (χ0) is 26.2. The predicted molar refractivity (Wildman–Crippen MR) is 136 cm³/mol. The third-order valence-electron chi connectivity index (χ3n) is 6.55. The molecule has 4 aromatic rings. The molecule has 2 aromatic heterocycles. The van der Waals surface area contributed by atoms with Crippen LogP contribution in [-0.2, 0) is 13.2 Å². The van der Waals surface area contributed by atoms with Crippen molar-refractivity contribution < 1.29 is 22.7 Å². The summed E-state index contributed by atoms with van der Waals surface area (Å²) in [5, 5.41) is 4.14. The van der Waals surface area contributed by atoms with Gasteiger partial charge in [0.25, 0.3) is 5.91 Å². The largest absolute Gasteiger partial charge is 0.439 e. The number of nitrogens with one attached hydrogen (secondary N) is 1. The van der Waals surface area contributed by atoms with Gasteiger partial charge >= 0.3 is 6.18 Å². The normalized spacial score (nSPS) is 14.1. The Morgan fingerprint density at radius 3 is 2.35 bits per heavy atom. The molecule has 7 nitrogen and oxygen atoms in total. The zero-order valence-corrected chi connectivity index (χ0v) is 20.4. The number of aryl methyl sites for hydroxylation is 1. The number of halogens is 3. The highest BCUT2D eigenvalue weighted by atomic mass is 19.4. The molecule has 3 heterocycles. The monoisotopic (exact) mass is 509 g/mol. The molecule has 2 aromatic carbocycles. The van der Waals surface area contributed by atoms with E-state index in [4.69, 9.17) is 4.74 Å². The maximum absolute atomic E-state index is 13.0. The average molecular weight is 510 g/mol. The van der Waals surface area contributed by atoms with Crippen molar-refractivity contribution in [3.8, 4) is 11.6 Å². The van der Waals surface area contributed by atoms with Gasteiger partial charge in [-0.15, -0.1) is 0 Å². The molecule has 0 radical (unpaired) electrons. The molecule has 0 spiro atoms. The first-order chi connectivity index (χ1) is 17.7. The highest BCUT2D eigenvalue weighted by Crippen LogP contribution is 2.32. The minimum atomic E-state index is -4.37. The number of hydrogen-bond donors (Lipinski definition) is 1. The third-order valence-corrected chi connectivity index (χ3v) is 6.55. The van der Waals surface area contributed by atoms with Crippen LogP contribution in [0.4, 0.5) is 24.5 Å². The highest BCUT2D eigenvalue weighted by Gasteiger charge is 2.30. The second-order valence-electron chi connectivity index (χ2n) is 8.91. The maximum atomic E-state index is 13.0. The fourth-order valence-electron chi connectivity index (χ4n) is 4.40. The van der Waals surface area contributed by atoms with Crippen molar-refractivity contribution in [3.63, 3.8) is 0 Å². The number of carbonyl (C=O) groups excluding carboxylic acids is 1. The minimum absolute atomic E-state index is 0.0112. The fraction of sp³-hybridized carbons (Fsp3) is 0.259. The summed E-state index contributed by atoms with van der Waals surface area (Å²) < 4.78 is 46.3. The summed E-state index contributed by atoms with van der Waals surface area (Å²) in [6, 6.07) is 15.9. The van der Waals surface area contributed by atoms with Crippen LogP contribution < -0.4 is 15.0 Å². The molecule has 1 fully saturated rings. The van der Waals surface area contributed by atoms with Crippen molar-refractivity contribution in [2.45, 2.75) is 6.18 Å². The predicted octanol–water partition coefficient (Wildman–Crippen LogP) is 5.20. The van der Waals surface area contributed by atoms with Crippen molar-refractivity contribution >= 4 is 28.2 Å². The molecule has 5 rings (SSSR count). The minimum Gasteiger partial charge on any atom is -0.439 e. The zero-order valence-electron chi connectivity index (χ0n) is 20.4. The summed E-state index contributed by atoms with van der Waals surface area (Å²) in [6.07, 6.45) is -2.78. The molecule has 0 atom stereocenters. The van der Waals surface area contributed by atoms with Crippen LogP contribution in [0.5, 0.6) is 11.6 Å². The average Bonchev–Trinajstić information content (AvgIpc) is 3.24. The molecule has 1 aliphatic rings. The topological polar surface area (TPSA) is 62.6 Å². The van der Waals surface area contributed by atoms with Gasteiger partial charge in [-0.3, -0.25) is 4.79 Å². The Hall–Kier alpha value is -4.05. The molecule has 37 heavy (non-hydrogen) atoms. The number of anilines is 2. The number of aromatic nitrogens is 2. The van der Waals surface area contributed by atoms with Crippen LogP contribution in [0.2, 0.25) is 0 Å². The van der Waals surface area contributed by atoms with Crippen molar-refractivity contribution in [1.29, 1.82) is 0 Å². The molecule has 0 bridgehead atoms. The number of fused-ring (bicyclic) bond motifs is 1. The van der Waals surface area contributed by atoms with Gasteiger partial charge in [0.15, 0.2) is 0 Å². The third kappa shape index (κ3) is 5.10. The highest BCUT2D eigenvalue weighted by molar-refractivity contribution is 5.99. The number of pyridine rings is 1. The van der Waals surface area contributed by atoms with Crippen LogP contribution in [0.15, 0.2) is 66.9 Å². The Labute approximate surface area is 212 Å². The van der Waals surface area contributed by atoms with Gasteiger partial charge < -0.3 is 24.4 Å². The van der Waals surface area contributed by atoms with E-state index in [-0.39, 0.29) is 5.91 Å². The van der Waals surface area contributed by atoms with Crippen molar-refractivity contribution in [1.82, 2.24) is 19.8 Å². The summed E-state index contributed by atoms with van der Waals surface area (Å²) in [5.41, 5.74) is 2.16. The van der Waals surface area contributed by atoms with Gasteiger partial charge in [-0.25, -0.2) is 4.98 Å². The van der Waals surface area contributed by atoms with E-state index in [2.05, 4.69) is 10.3 Å². The van der Waals surface area contributed by atoms with Gasteiger partial charge in [-0.1, -0.05) is 0 Å². The van der Waals surface area contributed by atoms with Crippen molar-refractivity contribution in [2.75, 3.05) is 38.1 Å². The van der Waals surface area contributed by atoms with E-state index in [1.807, 2.05) is 40.8 Å². The number of benzene rings is 2. The van der Waals surface area contributed by atoms with E-state index in [0.29, 0.717) is 41.8 Å². The van der Waals surface area contributed by atoms with Gasteiger partial charge in [-0.05, 0) is 54.6 Å². The van der Waals surface area contributed by atoms with Crippen LogP contribution in [0.25, 0.3) is 10.9 Å². The molecule has 0 aliphatic carbocycles. The summed E-state index contributed by atoms with van der Waals surface area (Å²) >= 11 is 0. The Bertz CT molecular complexity index is 1410. The number of piperazine rings is 1. The van der Waals surface area contributed by atoms with E-state index in [0.717, 1.165) is 36.1 Å². The standard InChI is InChI=1S/C27H26F3N5O2/c1-33(20-5-3-19(4-6-20)27(28,29)30)21-7-10-25(32-17-21)37-22-8-9-23-18(15-22)16-24(34(23)2)26(36)35-13-11-31-12-14-35/h3-10,15-17,31H,11-14H2,1-2H3. The molecule has 1 amide bonds. The van der Waals surface area contributed by atoms with Gasteiger partial charge in [0.05, 0.1) is 17.4 Å². The molecular weight excluding hydrogens is 483 g/mol. The molecule has 0 saturated carbocycles. The second kappa shape index (κ2) is 9.78. The molecule has 1 aliphatic heterocycles. The molecule has 192 valence electrons. The van der Waals surface area contributed by atoms with Crippen LogP contribution in [0.3, 0.4) is 0 Å². The number of ether oxygens (including phenoxy) is 1. The Balaban J connectivity index is 1.30. The summed E-state index contributed by atoms with van der Waals surface area (Å²) in [6.45, 7) is 2.95. The number of hydrogen-bond acceptors (Lipinski definition) is 5. The Morgan fingerprint density at radius 1 is 1.00 bits per heavy atom. The van der Waals surface area contributed by atoms with Gasteiger partial charge in [0.1, 0.15) is 11.4 Å². The van der Waals surface area contributed by atoms with Crippen molar-refractivity contribution in [3.05, 3.63) is 78.1 Å². The number of carbonyl (C=O) groups is 1. The van der Waals surface area contributed by atoms with E-state index < -0.39 is 11.7 Å². The number of alkyl halides is 3. The van der Waals surface area contributed by atoms with Gasteiger partial charge in [0, 0.05) is 62.9 Å². The number of nitrogens with zero attached hydrogens (tertiary/aromatic N) is 4. The lowest BCUT2D eigenvalue weighted by atomic mass is 10.2. The van der Waals surface area contributed by atoms with E-state index in [9.17, 15) is 18.0 Å². The van der Waals surface area contributed by atoms with Crippen LogP contribution in [0, 0.1) is 0 Å². The molecule has 1 saturated heterocycles.